The lowest BCUT2D eigenvalue weighted by Crippen LogP contribution is -2.13. The molecule has 0 aliphatic heterocycles. The van der Waals surface area contributed by atoms with Crippen LogP contribution < -0.4 is 9.80 Å². The van der Waals surface area contributed by atoms with Crippen LogP contribution in [0.5, 0.6) is 0 Å². The Labute approximate surface area is 249 Å². The molecule has 0 fully saturated rings. The summed E-state index contributed by atoms with van der Waals surface area (Å²) in [4.78, 5) is 14.0. The first-order valence-electron chi connectivity index (χ1n) is 14.3. The Hall–Kier alpha value is -5.94. The third-order valence-corrected chi connectivity index (χ3v) is 7.85. The average molecular weight is 554 g/mol. The van der Waals surface area contributed by atoms with Gasteiger partial charge >= 0.3 is 0 Å². The van der Waals surface area contributed by atoms with Gasteiger partial charge in [0.25, 0.3) is 0 Å². The van der Waals surface area contributed by atoms with Gasteiger partial charge < -0.3 is 4.90 Å². The molecule has 0 N–H and O–H groups in total. The van der Waals surface area contributed by atoms with Crippen LogP contribution in [0.2, 0.25) is 0 Å². The number of hydrogen-bond acceptors (Lipinski definition) is 4. The van der Waals surface area contributed by atoms with Gasteiger partial charge in [0.1, 0.15) is 11.5 Å². The van der Waals surface area contributed by atoms with E-state index in [1.807, 2.05) is 42.9 Å². The molecule has 0 aliphatic carbocycles. The van der Waals surface area contributed by atoms with E-state index in [2.05, 4.69) is 136 Å². The first-order valence-corrected chi connectivity index (χ1v) is 14.3. The molecule has 0 spiro atoms. The van der Waals surface area contributed by atoms with Crippen LogP contribution in [0.3, 0.4) is 0 Å². The SMILES string of the molecule is c1ccc(N(c2cccc(N(c3ccccc3)c3ccccn3)c2)c2ccc3c4ccccc4n4ccnc4c3c2)cc1. The van der Waals surface area contributed by atoms with Gasteiger partial charge in [-0.3, -0.25) is 9.30 Å². The van der Waals surface area contributed by atoms with Crippen molar-refractivity contribution in [1.82, 2.24) is 14.4 Å². The van der Waals surface area contributed by atoms with Crippen LogP contribution in [0.4, 0.5) is 34.3 Å². The maximum atomic E-state index is 4.78. The second-order valence-electron chi connectivity index (χ2n) is 10.4. The molecule has 0 atom stereocenters. The van der Waals surface area contributed by atoms with Crippen LogP contribution in [-0.4, -0.2) is 14.4 Å². The molecule has 8 aromatic rings. The maximum absolute atomic E-state index is 4.78. The van der Waals surface area contributed by atoms with Crippen molar-refractivity contribution in [1.29, 1.82) is 0 Å². The standard InChI is InChI=1S/C38H27N5/c1-3-12-28(13-4-1)42(32-21-22-33-34-18-7-8-19-36(34)41-25-24-40-38(41)35(33)27-32)30-16-11-17-31(26-30)43(29-14-5-2-6-15-29)37-20-9-10-23-39-37/h1-27H. The van der Waals surface area contributed by atoms with Crippen LogP contribution in [0, 0.1) is 0 Å². The normalized spacial score (nSPS) is 11.3. The van der Waals surface area contributed by atoms with Crippen molar-refractivity contribution in [2.45, 2.75) is 0 Å². The van der Waals surface area contributed by atoms with Gasteiger partial charge in [-0.2, -0.15) is 0 Å². The van der Waals surface area contributed by atoms with Gasteiger partial charge in [-0.25, -0.2) is 9.97 Å². The smallest absolute Gasteiger partial charge is 0.145 e. The molecule has 43 heavy (non-hydrogen) atoms. The molecule has 204 valence electrons. The number of anilines is 6. The highest BCUT2D eigenvalue weighted by Crippen LogP contribution is 2.41. The largest absolute Gasteiger partial charge is 0.310 e. The number of aromatic nitrogens is 3. The predicted octanol–water partition coefficient (Wildman–Crippen LogP) is 9.98. The van der Waals surface area contributed by atoms with Gasteiger partial charge in [-0.1, -0.05) is 72.8 Å². The van der Waals surface area contributed by atoms with Crippen LogP contribution in [0.25, 0.3) is 27.3 Å². The number of nitrogens with zero attached hydrogens (tertiary/aromatic N) is 5. The van der Waals surface area contributed by atoms with Gasteiger partial charge in [0.05, 0.1) is 5.52 Å². The van der Waals surface area contributed by atoms with Crippen molar-refractivity contribution in [3.8, 4) is 0 Å². The van der Waals surface area contributed by atoms with E-state index in [-0.39, 0.29) is 0 Å². The number of rotatable bonds is 6. The van der Waals surface area contributed by atoms with E-state index in [4.69, 9.17) is 9.97 Å². The average Bonchev–Trinajstić information content (AvgIpc) is 3.58. The molecule has 5 aromatic carbocycles. The summed E-state index contributed by atoms with van der Waals surface area (Å²) >= 11 is 0. The van der Waals surface area contributed by atoms with Gasteiger partial charge in [0.15, 0.2) is 0 Å². The molecule has 0 unspecified atom stereocenters. The Kier molecular flexibility index (Phi) is 6.05. The van der Waals surface area contributed by atoms with Crippen LogP contribution in [-0.2, 0) is 0 Å². The summed E-state index contributed by atoms with van der Waals surface area (Å²) in [6.45, 7) is 0. The molecule has 3 aromatic heterocycles. The van der Waals surface area contributed by atoms with Gasteiger partial charge in [0, 0.05) is 57.8 Å². The fraction of sp³-hybridized carbons (Fsp3) is 0. The minimum absolute atomic E-state index is 0.858. The van der Waals surface area contributed by atoms with Crippen molar-refractivity contribution in [3.05, 3.63) is 164 Å². The van der Waals surface area contributed by atoms with E-state index in [9.17, 15) is 0 Å². The fourth-order valence-corrected chi connectivity index (χ4v) is 5.97. The Morgan fingerprint density at radius 2 is 1.07 bits per heavy atom. The minimum Gasteiger partial charge on any atom is -0.310 e. The fourth-order valence-electron chi connectivity index (χ4n) is 5.97. The number of imidazole rings is 1. The lowest BCUT2D eigenvalue weighted by atomic mass is 10.0. The summed E-state index contributed by atoms with van der Waals surface area (Å²) in [5.74, 6) is 0.858. The Bertz CT molecular complexity index is 2150. The lowest BCUT2D eigenvalue weighted by Gasteiger charge is -2.29. The molecule has 0 saturated carbocycles. The highest BCUT2D eigenvalue weighted by molar-refractivity contribution is 6.12. The molecule has 0 aliphatic rings. The quantitative estimate of drug-likeness (QED) is 0.192. The number of fused-ring (bicyclic) bond motifs is 6. The molecular weight excluding hydrogens is 526 g/mol. The number of hydrogen-bond donors (Lipinski definition) is 0. The molecule has 0 amide bonds. The summed E-state index contributed by atoms with van der Waals surface area (Å²) in [5.41, 5.74) is 7.33. The summed E-state index contributed by atoms with van der Waals surface area (Å²) < 4.78 is 2.18. The van der Waals surface area contributed by atoms with E-state index in [0.29, 0.717) is 0 Å². The molecular formula is C38H27N5. The van der Waals surface area contributed by atoms with Crippen molar-refractivity contribution >= 4 is 61.6 Å². The van der Waals surface area contributed by atoms with Crippen molar-refractivity contribution < 1.29 is 0 Å². The lowest BCUT2D eigenvalue weighted by molar-refractivity contribution is 1.17. The van der Waals surface area contributed by atoms with Crippen LogP contribution >= 0.6 is 0 Å². The van der Waals surface area contributed by atoms with Crippen molar-refractivity contribution in [2.24, 2.45) is 0 Å². The van der Waals surface area contributed by atoms with E-state index >= 15 is 0 Å². The topological polar surface area (TPSA) is 36.7 Å². The summed E-state index contributed by atoms with van der Waals surface area (Å²) in [6, 6.07) is 50.7. The highest BCUT2D eigenvalue weighted by atomic mass is 15.2. The molecule has 0 radical (unpaired) electrons. The first-order chi connectivity index (χ1) is 21.3. The Morgan fingerprint density at radius 3 is 1.84 bits per heavy atom. The molecule has 5 nitrogen and oxygen atoms in total. The van der Waals surface area contributed by atoms with Gasteiger partial charge in [-0.05, 0) is 78.2 Å². The van der Waals surface area contributed by atoms with E-state index in [1.54, 1.807) is 0 Å². The molecule has 8 rings (SSSR count). The zero-order valence-corrected chi connectivity index (χ0v) is 23.3. The predicted molar refractivity (Wildman–Crippen MR) is 177 cm³/mol. The van der Waals surface area contributed by atoms with E-state index in [0.717, 1.165) is 50.8 Å². The van der Waals surface area contributed by atoms with Gasteiger partial charge in [-0.15, -0.1) is 0 Å². The van der Waals surface area contributed by atoms with Crippen LogP contribution in [0.15, 0.2) is 164 Å². The second kappa shape index (κ2) is 10.5. The van der Waals surface area contributed by atoms with Crippen molar-refractivity contribution in [2.75, 3.05) is 9.80 Å². The van der Waals surface area contributed by atoms with Gasteiger partial charge in [0.2, 0.25) is 0 Å². The molecule has 0 saturated heterocycles. The first kappa shape index (κ1) is 24.8. The van der Waals surface area contributed by atoms with E-state index in [1.165, 1.54) is 10.8 Å². The summed E-state index contributed by atoms with van der Waals surface area (Å²) in [6.07, 6.45) is 5.75. The monoisotopic (exact) mass is 553 g/mol. The van der Waals surface area contributed by atoms with E-state index < -0.39 is 0 Å². The maximum Gasteiger partial charge on any atom is 0.145 e. The summed E-state index contributed by atoms with van der Waals surface area (Å²) in [7, 11) is 0. The molecule has 5 heteroatoms. The Balaban J connectivity index is 1.33. The minimum atomic E-state index is 0.858. The Morgan fingerprint density at radius 1 is 0.419 bits per heavy atom. The highest BCUT2D eigenvalue weighted by Gasteiger charge is 2.19. The molecule has 0 bridgehead atoms. The molecule has 3 heterocycles. The van der Waals surface area contributed by atoms with Crippen molar-refractivity contribution in [3.63, 3.8) is 0 Å². The third kappa shape index (κ3) is 4.35. The number of benzene rings is 5. The zero-order chi connectivity index (χ0) is 28.6. The third-order valence-electron chi connectivity index (χ3n) is 7.85. The zero-order valence-electron chi connectivity index (χ0n) is 23.3. The number of pyridine rings is 2. The van der Waals surface area contributed by atoms with Crippen LogP contribution in [0.1, 0.15) is 0 Å². The summed E-state index contributed by atoms with van der Waals surface area (Å²) in [5, 5.41) is 3.50. The second-order valence-corrected chi connectivity index (χ2v) is 10.4. The number of para-hydroxylation sites is 3.